The van der Waals surface area contributed by atoms with E-state index in [0.29, 0.717) is 23.6 Å². The molecule has 0 spiro atoms. The molecule has 100 valence electrons. The van der Waals surface area contributed by atoms with Gasteiger partial charge in [-0.1, -0.05) is 13.8 Å². The van der Waals surface area contributed by atoms with Crippen LogP contribution < -0.4 is 5.32 Å². The van der Waals surface area contributed by atoms with Crippen molar-refractivity contribution in [2.75, 3.05) is 11.9 Å². The molecule has 0 fully saturated rings. The Kier molecular flexibility index (Phi) is 5.16. The Hall–Kier alpha value is -1.55. The van der Waals surface area contributed by atoms with Crippen molar-refractivity contribution in [1.29, 1.82) is 0 Å². The lowest BCUT2D eigenvalue weighted by molar-refractivity contribution is 0.0696. The molecule has 18 heavy (non-hydrogen) atoms. The topological polar surface area (TPSA) is 69.6 Å². The minimum atomic E-state index is -0.918. The highest BCUT2D eigenvalue weighted by molar-refractivity contribution is 5.89. The fraction of sp³-hybridized carbons (Fsp3) is 0.500. The lowest BCUT2D eigenvalue weighted by Crippen LogP contribution is -2.21. The zero-order chi connectivity index (χ0) is 13.7. The van der Waals surface area contributed by atoms with Crippen LogP contribution in [0.4, 0.5) is 5.69 Å². The second-order valence-corrected chi connectivity index (χ2v) is 5.00. The number of carbonyl (C=O) groups is 1. The fourth-order valence-corrected chi connectivity index (χ4v) is 1.88. The van der Waals surface area contributed by atoms with Crippen LogP contribution in [0.5, 0.6) is 0 Å². The number of aliphatic hydroxyl groups excluding tert-OH is 1. The maximum atomic E-state index is 10.9. The standard InChI is InChI=1S/C14H21NO3/c1-9(2)6-12(16)8-15-11-4-5-13(14(17)18)10(3)7-11/h4-5,7,9,12,15-16H,6,8H2,1-3H3,(H,17,18). The molecule has 1 rings (SSSR count). The molecule has 0 bridgehead atoms. The number of benzene rings is 1. The average molecular weight is 251 g/mol. The van der Waals surface area contributed by atoms with Gasteiger partial charge >= 0.3 is 5.97 Å². The fourth-order valence-electron chi connectivity index (χ4n) is 1.88. The molecule has 1 unspecified atom stereocenters. The van der Waals surface area contributed by atoms with Crippen molar-refractivity contribution >= 4 is 11.7 Å². The molecule has 1 aromatic carbocycles. The van der Waals surface area contributed by atoms with Crippen LogP contribution in [-0.2, 0) is 0 Å². The molecule has 1 aromatic rings. The maximum Gasteiger partial charge on any atom is 0.335 e. The molecular weight excluding hydrogens is 230 g/mol. The molecule has 0 amide bonds. The molecule has 0 saturated heterocycles. The molecule has 1 atom stereocenters. The van der Waals surface area contributed by atoms with E-state index < -0.39 is 5.97 Å². The SMILES string of the molecule is Cc1cc(NCC(O)CC(C)C)ccc1C(=O)O. The first kappa shape index (κ1) is 14.5. The molecule has 0 aliphatic heterocycles. The number of aromatic carboxylic acids is 1. The van der Waals surface area contributed by atoms with E-state index in [-0.39, 0.29) is 6.10 Å². The van der Waals surface area contributed by atoms with Crippen molar-refractivity contribution in [2.45, 2.75) is 33.3 Å². The van der Waals surface area contributed by atoms with Crippen LogP contribution >= 0.6 is 0 Å². The zero-order valence-electron chi connectivity index (χ0n) is 11.1. The first-order valence-electron chi connectivity index (χ1n) is 6.16. The summed E-state index contributed by atoms with van der Waals surface area (Å²) in [5, 5.41) is 21.8. The van der Waals surface area contributed by atoms with Gasteiger partial charge in [0, 0.05) is 12.2 Å². The number of nitrogens with one attached hydrogen (secondary N) is 1. The minimum absolute atomic E-state index is 0.309. The van der Waals surface area contributed by atoms with Gasteiger partial charge in [0.1, 0.15) is 0 Å². The lowest BCUT2D eigenvalue weighted by Gasteiger charge is -2.15. The van der Waals surface area contributed by atoms with Crippen LogP contribution in [0.3, 0.4) is 0 Å². The maximum absolute atomic E-state index is 10.9. The molecule has 0 aliphatic rings. The normalized spacial score (nSPS) is 12.5. The second kappa shape index (κ2) is 6.40. The largest absolute Gasteiger partial charge is 0.478 e. The van der Waals surface area contributed by atoms with E-state index in [4.69, 9.17) is 5.11 Å². The van der Waals surface area contributed by atoms with Crippen molar-refractivity contribution < 1.29 is 15.0 Å². The third-order valence-electron chi connectivity index (χ3n) is 2.74. The van der Waals surface area contributed by atoms with Crippen molar-refractivity contribution in [3.05, 3.63) is 29.3 Å². The van der Waals surface area contributed by atoms with Crippen molar-refractivity contribution in [3.63, 3.8) is 0 Å². The smallest absolute Gasteiger partial charge is 0.335 e. The van der Waals surface area contributed by atoms with E-state index in [2.05, 4.69) is 19.2 Å². The van der Waals surface area contributed by atoms with Gasteiger partial charge in [0.2, 0.25) is 0 Å². The summed E-state index contributed by atoms with van der Waals surface area (Å²) in [5.74, 6) is -0.461. The number of hydrogen-bond donors (Lipinski definition) is 3. The number of hydrogen-bond acceptors (Lipinski definition) is 3. The molecular formula is C14H21NO3. The average Bonchev–Trinajstić information content (AvgIpc) is 2.25. The highest BCUT2D eigenvalue weighted by atomic mass is 16.4. The van der Waals surface area contributed by atoms with Crippen LogP contribution in [0.1, 0.15) is 36.2 Å². The van der Waals surface area contributed by atoms with Gasteiger partial charge in [-0.15, -0.1) is 0 Å². The van der Waals surface area contributed by atoms with Gasteiger partial charge in [-0.25, -0.2) is 4.79 Å². The first-order chi connectivity index (χ1) is 8.40. The van der Waals surface area contributed by atoms with E-state index in [9.17, 15) is 9.90 Å². The molecule has 0 aliphatic carbocycles. The van der Waals surface area contributed by atoms with Crippen molar-refractivity contribution in [3.8, 4) is 0 Å². The molecule has 0 radical (unpaired) electrons. The summed E-state index contributed by atoms with van der Waals surface area (Å²) in [6.45, 7) is 6.37. The van der Waals surface area contributed by atoms with E-state index in [1.54, 1.807) is 25.1 Å². The van der Waals surface area contributed by atoms with Gasteiger partial charge in [0.25, 0.3) is 0 Å². The van der Waals surface area contributed by atoms with Gasteiger partial charge in [-0.3, -0.25) is 0 Å². The number of anilines is 1. The predicted octanol–water partition coefficient (Wildman–Crippen LogP) is 2.51. The zero-order valence-corrected chi connectivity index (χ0v) is 11.1. The van der Waals surface area contributed by atoms with Crippen molar-refractivity contribution in [2.24, 2.45) is 5.92 Å². The Morgan fingerprint density at radius 2 is 2.06 bits per heavy atom. The molecule has 4 nitrogen and oxygen atoms in total. The second-order valence-electron chi connectivity index (χ2n) is 5.00. The Labute approximate surface area is 108 Å². The quantitative estimate of drug-likeness (QED) is 0.726. The molecule has 0 saturated carbocycles. The molecule has 0 aromatic heterocycles. The summed E-state index contributed by atoms with van der Waals surface area (Å²) in [5.41, 5.74) is 1.86. The number of carboxylic acids is 1. The monoisotopic (exact) mass is 251 g/mol. The number of aryl methyl sites for hydroxylation is 1. The predicted molar refractivity (Wildman–Crippen MR) is 72.1 cm³/mol. The highest BCUT2D eigenvalue weighted by Gasteiger charge is 2.09. The van der Waals surface area contributed by atoms with E-state index in [1.165, 1.54) is 0 Å². The Morgan fingerprint density at radius 3 is 2.56 bits per heavy atom. The lowest BCUT2D eigenvalue weighted by atomic mass is 10.1. The van der Waals surface area contributed by atoms with Gasteiger partial charge in [0.15, 0.2) is 0 Å². The van der Waals surface area contributed by atoms with Crippen molar-refractivity contribution in [1.82, 2.24) is 0 Å². The summed E-state index contributed by atoms with van der Waals surface area (Å²) >= 11 is 0. The molecule has 0 heterocycles. The summed E-state index contributed by atoms with van der Waals surface area (Å²) in [4.78, 5) is 10.9. The van der Waals surface area contributed by atoms with Crippen LogP contribution in [-0.4, -0.2) is 28.8 Å². The molecule has 4 heteroatoms. The van der Waals surface area contributed by atoms with Crippen LogP contribution in [0.15, 0.2) is 18.2 Å². The minimum Gasteiger partial charge on any atom is -0.478 e. The Bertz CT molecular complexity index is 416. The first-order valence-corrected chi connectivity index (χ1v) is 6.16. The Balaban J connectivity index is 2.58. The van der Waals surface area contributed by atoms with E-state index in [0.717, 1.165) is 12.1 Å². The van der Waals surface area contributed by atoms with Gasteiger partial charge in [0.05, 0.1) is 11.7 Å². The highest BCUT2D eigenvalue weighted by Crippen LogP contribution is 2.15. The van der Waals surface area contributed by atoms with E-state index >= 15 is 0 Å². The number of aliphatic hydroxyl groups is 1. The third kappa shape index (κ3) is 4.37. The summed E-state index contributed by atoms with van der Waals surface area (Å²) in [6, 6.07) is 5.08. The molecule has 3 N–H and O–H groups in total. The number of rotatable bonds is 6. The van der Waals surface area contributed by atoms with Crippen LogP contribution in [0.2, 0.25) is 0 Å². The van der Waals surface area contributed by atoms with Gasteiger partial charge < -0.3 is 15.5 Å². The van der Waals surface area contributed by atoms with E-state index in [1.807, 2.05) is 0 Å². The summed E-state index contributed by atoms with van der Waals surface area (Å²) < 4.78 is 0. The summed E-state index contributed by atoms with van der Waals surface area (Å²) in [6.07, 6.45) is 0.364. The number of carboxylic acid groups (broad SMARTS) is 1. The van der Waals surface area contributed by atoms with Gasteiger partial charge in [-0.2, -0.15) is 0 Å². The van der Waals surface area contributed by atoms with Crippen LogP contribution in [0.25, 0.3) is 0 Å². The van der Waals surface area contributed by atoms with Crippen LogP contribution in [0, 0.1) is 12.8 Å². The Morgan fingerprint density at radius 1 is 1.39 bits per heavy atom. The summed E-state index contributed by atoms with van der Waals surface area (Å²) in [7, 11) is 0. The van der Waals surface area contributed by atoms with Gasteiger partial charge in [-0.05, 0) is 43.0 Å². The third-order valence-corrected chi connectivity index (χ3v) is 2.74.